The number of hydrogen-bond acceptors (Lipinski definition) is 4. The van der Waals surface area contributed by atoms with E-state index in [9.17, 15) is 13.2 Å². The Balaban J connectivity index is 1.62. The summed E-state index contributed by atoms with van der Waals surface area (Å²) in [7, 11) is -3.96. The van der Waals surface area contributed by atoms with Gasteiger partial charge < -0.3 is 5.32 Å². The fourth-order valence-electron chi connectivity index (χ4n) is 3.43. The van der Waals surface area contributed by atoms with Gasteiger partial charge in [0.25, 0.3) is 10.0 Å². The molecule has 3 rings (SSSR count). The number of amides is 1. The highest BCUT2D eigenvalue weighted by atomic mass is 35.5. The fourth-order valence-corrected chi connectivity index (χ4v) is 6.06. The lowest BCUT2D eigenvalue weighted by Crippen LogP contribution is -2.41. The van der Waals surface area contributed by atoms with Gasteiger partial charge in [-0.3, -0.25) is 9.10 Å². The van der Waals surface area contributed by atoms with E-state index in [1.54, 1.807) is 42.5 Å². The molecule has 0 unspecified atom stereocenters. The van der Waals surface area contributed by atoms with Crippen LogP contribution in [0.5, 0.6) is 0 Å². The van der Waals surface area contributed by atoms with Gasteiger partial charge in [0.05, 0.1) is 10.6 Å². The topological polar surface area (TPSA) is 66.5 Å². The van der Waals surface area contributed by atoms with E-state index in [4.69, 9.17) is 11.6 Å². The van der Waals surface area contributed by atoms with Gasteiger partial charge in [0.2, 0.25) is 5.91 Å². The maximum absolute atomic E-state index is 13.5. The summed E-state index contributed by atoms with van der Waals surface area (Å²) in [6.07, 6.45) is 0.795. The van der Waals surface area contributed by atoms with Crippen molar-refractivity contribution in [1.29, 1.82) is 0 Å². The van der Waals surface area contributed by atoms with Crippen molar-refractivity contribution in [2.75, 3.05) is 23.1 Å². The van der Waals surface area contributed by atoms with E-state index in [1.165, 1.54) is 11.1 Å². The quantitative estimate of drug-likeness (QED) is 0.313. The SMILES string of the molecule is Cc1ccc(S(=O)(=O)N(CC(=O)NCCCSCc2ccccc2C)c2ccc(C)c(Cl)c2)cc1. The fraction of sp³-hybridized carbons (Fsp3) is 0.296. The summed E-state index contributed by atoms with van der Waals surface area (Å²) in [6, 6.07) is 19.9. The predicted molar refractivity (Wildman–Crippen MR) is 147 cm³/mol. The van der Waals surface area contributed by atoms with E-state index in [0.717, 1.165) is 33.4 Å². The standard InChI is InChI=1S/C27H31ClN2O3S2/c1-20-9-13-25(14-10-20)35(32,33)30(24-12-11-22(3)26(28)17-24)18-27(31)29-15-6-16-34-19-23-8-5-4-7-21(23)2/h4-5,7-14,17H,6,15-16,18-19H2,1-3H3,(H,29,31). The molecule has 0 aromatic heterocycles. The maximum atomic E-state index is 13.5. The highest BCUT2D eigenvalue weighted by Crippen LogP contribution is 2.28. The lowest BCUT2D eigenvalue weighted by Gasteiger charge is -2.24. The zero-order valence-electron chi connectivity index (χ0n) is 20.3. The molecule has 0 aliphatic heterocycles. The van der Waals surface area contributed by atoms with Gasteiger partial charge in [-0.25, -0.2) is 8.42 Å². The summed E-state index contributed by atoms with van der Waals surface area (Å²) in [5.74, 6) is 1.46. The van der Waals surface area contributed by atoms with Crippen LogP contribution in [-0.4, -0.2) is 33.2 Å². The second-order valence-electron chi connectivity index (χ2n) is 8.44. The van der Waals surface area contributed by atoms with Gasteiger partial charge in [0, 0.05) is 17.3 Å². The van der Waals surface area contributed by atoms with Crippen LogP contribution in [-0.2, 0) is 20.6 Å². The Hall–Kier alpha value is -2.48. The number of aryl methyl sites for hydroxylation is 3. The Bertz CT molecular complexity index is 1260. The molecule has 186 valence electrons. The van der Waals surface area contributed by atoms with Crippen molar-refractivity contribution in [2.45, 2.75) is 37.8 Å². The molecule has 1 amide bonds. The van der Waals surface area contributed by atoms with E-state index < -0.39 is 10.0 Å². The van der Waals surface area contributed by atoms with Crippen molar-refractivity contribution in [2.24, 2.45) is 0 Å². The van der Waals surface area contributed by atoms with E-state index in [-0.39, 0.29) is 17.3 Å². The minimum atomic E-state index is -3.96. The van der Waals surface area contributed by atoms with E-state index in [1.807, 2.05) is 37.7 Å². The van der Waals surface area contributed by atoms with Crippen LogP contribution in [0, 0.1) is 20.8 Å². The molecule has 3 aromatic carbocycles. The third kappa shape index (κ3) is 7.50. The molecule has 8 heteroatoms. The Kier molecular flexibility index (Phi) is 9.66. The van der Waals surface area contributed by atoms with Crippen molar-refractivity contribution in [3.63, 3.8) is 0 Å². The molecule has 0 saturated carbocycles. The largest absolute Gasteiger partial charge is 0.354 e. The number of benzene rings is 3. The third-order valence-corrected chi connectivity index (χ3v) is 8.93. The summed E-state index contributed by atoms with van der Waals surface area (Å²) in [6.45, 7) is 5.99. The lowest BCUT2D eigenvalue weighted by atomic mass is 10.1. The molecule has 0 radical (unpaired) electrons. The molecule has 0 atom stereocenters. The minimum Gasteiger partial charge on any atom is -0.354 e. The number of nitrogens with one attached hydrogen (secondary N) is 1. The Labute approximate surface area is 217 Å². The first-order chi connectivity index (χ1) is 16.7. The van der Waals surface area contributed by atoms with Crippen LogP contribution in [0.15, 0.2) is 71.6 Å². The molecule has 0 saturated heterocycles. The molecule has 0 heterocycles. The highest BCUT2D eigenvalue weighted by Gasteiger charge is 2.27. The number of halogens is 1. The molecule has 0 bridgehead atoms. The molecule has 35 heavy (non-hydrogen) atoms. The van der Waals surface area contributed by atoms with Crippen LogP contribution in [0.3, 0.4) is 0 Å². The number of thioether (sulfide) groups is 1. The lowest BCUT2D eigenvalue weighted by molar-refractivity contribution is -0.119. The summed E-state index contributed by atoms with van der Waals surface area (Å²) in [4.78, 5) is 12.9. The van der Waals surface area contributed by atoms with Gasteiger partial charge in [-0.2, -0.15) is 11.8 Å². The zero-order valence-corrected chi connectivity index (χ0v) is 22.6. The Morgan fingerprint density at radius 1 is 0.971 bits per heavy atom. The third-order valence-electron chi connectivity index (χ3n) is 5.65. The first-order valence-corrected chi connectivity index (χ1v) is 14.4. The van der Waals surface area contributed by atoms with Gasteiger partial charge in [0.1, 0.15) is 6.54 Å². The van der Waals surface area contributed by atoms with Crippen LogP contribution >= 0.6 is 23.4 Å². The van der Waals surface area contributed by atoms with Crippen molar-refractivity contribution >= 4 is 45.0 Å². The zero-order chi connectivity index (χ0) is 25.4. The molecule has 3 aromatic rings. The van der Waals surface area contributed by atoms with Gasteiger partial charge in [-0.1, -0.05) is 59.6 Å². The summed E-state index contributed by atoms with van der Waals surface area (Å²) < 4.78 is 28.0. The summed E-state index contributed by atoms with van der Waals surface area (Å²) in [5.41, 5.74) is 4.72. The van der Waals surface area contributed by atoms with Crippen LogP contribution < -0.4 is 9.62 Å². The number of rotatable bonds is 11. The monoisotopic (exact) mass is 530 g/mol. The normalized spacial score (nSPS) is 11.3. The molecule has 0 aliphatic carbocycles. The van der Waals surface area contributed by atoms with Crippen molar-refractivity contribution in [3.05, 3.63) is 94.0 Å². The van der Waals surface area contributed by atoms with Crippen molar-refractivity contribution < 1.29 is 13.2 Å². The molecule has 5 nitrogen and oxygen atoms in total. The number of hydrogen-bond donors (Lipinski definition) is 1. The minimum absolute atomic E-state index is 0.125. The molecule has 0 fully saturated rings. The average molecular weight is 531 g/mol. The number of sulfonamides is 1. The second kappa shape index (κ2) is 12.5. The number of carbonyl (C=O) groups is 1. The van der Waals surface area contributed by atoms with Crippen LogP contribution in [0.25, 0.3) is 0 Å². The van der Waals surface area contributed by atoms with Crippen molar-refractivity contribution in [3.8, 4) is 0 Å². The molecule has 1 N–H and O–H groups in total. The Morgan fingerprint density at radius 3 is 2.37 bits per heavy atom. The number of nitrogens with zero attached hydrogens (tertiary/aromatic N) is 1. The van der Waals surface area contributed by atoms with Crippen LogP contribution in [0.4, 0.5) is 5.69 Å². The number of anilines is 1. The first kappa shape index (κ1) is 27.1. The average Bonchev–Trinajstić information content (AvgIpc) is 2.83. The van der Waals surface area contributed by atoms with Crippen LogP contribution in [0.1, 0.15) is 28.7 Å². The molecular formula is C27H31ClN2O3S2. The molecular weight excluding hydrogens is 500 g/mol. The second-order valence-corrected chi connectivity index (χ2v) is 11.8. The van der Waals surface area contributed by atoms with Crippen LogP contribution in [0.2, 0.25) is 5.02 Å². The smallest absolute Gasteiger partial charge is 0.264 e. The van der Waals surface area contributed by atoms with Gasteiger partial charge >= 0.3 is 0 Å². The first-order valence-electron chi connectivity index (χ1n) is 11.4. The molecule has 0 spiro atoms. The number of carbonyl (C=O) groups excluding carboxylic acids is 1. The van der Waals surface area contributed by atoms with E-state index in [2.05, 4.69) is 24.4 Å². The summed E-state index contributed by atoms with van der Waals surface area (Å²) in [5, 5.41) is 3.30. The molecule has 0 aliphatic rings. The highest BCUT2D eigenvalue weighted by molar-refractivity contribution is 7.98. The van der Waals surface area contributed by atoms with Gasteiger partial charge in [-0.05, 0) is 73.9 Å². The van der Waals surface area contributed by atoms with Gasteiger partial charge in [0.15, 0.2) is 0 Å². The predicted octanol–water partition coefficient (Wildman–Crippen LogP) is 5.90. The van der Waals surface area contributed by atoms with E-state index >= 15 is 0 Å². The maximum Gasteiger partial charge on any atom is 0.264 e. The van der Waals surface area contributed by atoms with Gasteiger partial charge in [-0.15, -0.1) is 0 Å². The summed E-state index contributed by atoms with van der Waals surface area (Å²) >= 11 is 8.09. The van der Waals surface area contributed by atoms with E-state index in [0.29, 0.717) is 17.3 Å². The Morgan fingerprint density at radius 2 is 1.69 bits per heavy atom. The van der Waals surface area contributed by atoms with Crippen molar-refractivity contribution in [1.82, 2.24) is 5.32 Å².